The number of esters is 1. The third kappa shape index (κ3) is 3.78. The molecule has 1 heterocycles. The molecule has 0 fully saturated rings. The Balaban J connectivity index is 2.49. The second kappa shape index (κ2) is 6.85. The maximum atomic E-state index is 11.8. The standard InChI is InChI=1S/C13H21NO3S/c1-5-16-12(15)13(3,14-4)7-9-18-11-6-8-17-10(11)2/h6,8,14H,5,7,9H2,1-4H3. The number of likely N-dealkylation sites (N-methyl/N-ethyl adjacent to an activating group) is 1. The second-order valence-electron chi connectivity index (χ2n) is 4.24. The van der Waals surface area contributed by atoms with E-state index in [1.54, 1.807) is 25.1 Å². The minimum atomic E-state index is -0.624. The van der Waals surface area contributed by atoms with Crippen LogP contribution in [0.5, 0.6) is 0 Å². The summed E-state index contributed by atoms with van der Waals surface area (Å²) in [6.07, 6.45) is 2.39. The number of nitrogens with one attached hydrogen (secondary N) is 1. The second-order valence-corrected chi connectivity index (χ2v) is 5.38. The van der Waals surface area contributed by atoms with Crippen LogP contribution in [0.2, 0.25) is 0 Å². The van der Waals surface area contributed by atoms with Gasteiger partial charge in [0.15, 0.2) is 0 Å². The predicted molar refractivity (Wildman–Crippen MR) is 72.9 cm³/mol. The normalized spacial score (nSPS) is 14.2. The molecule has 1 rings (SSSR count). The number of hydrogen-bond donors (Lipinski definition) is 1. The Labute approximate surface area is 112 Å². The molecule has 0 aromatic carbocycles. The van der Waals surface area contributed by atoms with Gasteiger partial charge >= 0.3 is 5.97 Å². The highest BCUT2D eigenvalue weighted by Crippen LogP contribution is 2.26. The molecular formula is C13H21NO3S. The average molecular weight is 271 g/mol. The van der Waals surface area contributed by atoms with Crippen molar-refractivity contribution in [2.45, 2.75) is 37.6 Å². The molecule has 0 aliphatic rings. The van der Waals surface area contributed by atoms with Gasteiger partial charge in [-0.15, -0.1) is 11.8 Å². The summed E-state index contributed by atoms with van der Waals surface area (Å²) in [6, 6.07) is 1.95. The highest BCUT2D eigenvalue weighted by atomic mass is 32.2. The zero-order chi connectivity index (χ0) is 13.6. The molecular weight excluding hydrogens is 250 g/mol. The van der Waals surface area contributed by atoms with Crippen LogP contribution in [0.15, 0.2) is 21.6 Å². The van der Waals surface area contributed by atoms with Crippen molar-refractivity contribution in [2.75, 3.05) is 19.4 Å². The van der Waals surface area contributed by atoms with E-state index < -0.39 is 5.54 Å². The van der Waals surface area contributed by atoms with Gasteiger partial charge < -0.3 is 14.5 Å². The maximum Gasteiger partial charge on any atom is 0.326 e. The molecule has 0 spiro atoms. The fraction of sp³-hybridized carbons (Fsp3) is 0.615. The van der Waals surface area contributed by atoms with Crippen molar-refractivity contribution >= 4 is 17.7 Å². The van der Waals surface area contributed by atoms with Gasteiger partial charge in [-0.1, -0.05) is 0 Å². The van der Waals surface area contributed by atoms with Crippen LogP contribution in [-0.4, -0.2) is 30.9 Å². The van der Waals surface area contributed by atoms with E-state index in [-0.39, 0.29) is 5.97 Å². The van der Waals surface area contributed by atoms with Gasteiger partial charge in [0.2, 0.25) is 0 Å². The minimum Gasteiger partial charge on any atom is -0.468 e. The number of hydrogen-bond acceptors (Lipinski definition) is 5. The number of furan rings is 1. The predicted octanol–water partition coefficient (Wildman–Crippen LogP) is 2.61. The van der Waals surface area contributed by atoms with E-state index in [9.17, 15) is 4.79 Å². The molecule has 0 saturated carbocycles. The summed E-state index contributed by atoms with van der Waals surface area (Å²) in [5.74, 6) is 1.55. The molecule has 1 aromatic rings. The van der Waals surface area contributed by atoms with Crippen LogP contribution in [0.4, 0.5) is 0 Å². The van der Waals surface area contributed by atoms with Gasteiger partial charge in [-0.3, -0.25) is 4.79 Å². The summed E-state index contributed by atoms with van der Waals surface area (Å²) in [5, 5.41) is 3.05. The van der Waals surface area contributed by atoms with Gasteiger partial charge in [0.1, 0.15) is 11.3 Å². The average Bonchev–Trinajstić information content (AvgIpc) is 2.75. The Bertz CT molecular complexity index is 391. The fourth-order valence-corrected chi connectivity index (χ4v) is 2.64. The number of aryl methyl sites for hydroxylation is 1. The van der Waals surface area contributed by atoms with Crippen molar-refractivity contribution in [1.29, 1.82) is 0 Å². The van der Waals surface area contributed by atoms with Crippen LogP contribution in [0.1, 0.15) is 26.0 Å². The first-order valence-electron chi connectivity index (χ1n) is 6.06. The Morgan fingerprint density at radius 2 is 2.33 bits per heavy atom. The molecule has 5 heteroatoms. The lowest BCUT2D eigenvalue weighted by atomic mass is 10.00. The van der Waals surface area contributed by atoms with E-state index in [1.807, 2.05) is 26.8 Å². The van der Waals surface area contributed by atoms with Crippen molar-refractivity contribution in [3.05, 3.63) is 18.1 Å². The van der Waals surface area contributed by atoms with E-state index in [1.165, 1.54) is 0 Å². The molecule has 0 saturated heterocycles. The summed E-state index contributed by atoms with van der Waals surface area (Å²) in [5.41, 5.74) is -0.624. The van der Waals surface area contributed by atoms with E-state index in [4.69, 9.17) is 9.15 Å². The van der Waals surface area contributed by atoms with Crippen LogP contribution in [0.25, 0.3) is 0 Å². The lowest BCUT2D eigenvalue weighted by Crippen LogP contribution is -2.49. The van der Waals surface area contributed by atoms with E-state index in [2.05, 4.69) is 5.32 Å². The smallest absolute Gasteiger partial charge is 0.326 e. The molecule has 102 valence electrons. The van der Waals surface area contributed by atoms with E-state index in [0.717, 1.165) is 16.4 Å². The Hall–Kier alpha value is -0.940. The first-order valence-corrected chi connectivity index (χ1v) is 7.05. The number of thioether (sulfide) groups is 1. The highest BCUT2D eigenvalue weighted by molar-refractivity contribution is 7.99. The highest BCUT2D eigenvalue weighted by Gasteiger charge is 2.32. The van der Waals surface area contributed by atoms with E-state index in [0.29, 0.717) is 13.0 Å². The molecule has 0 bridgehead atoms. The quantitative estimate of drug-likeness (QED) is 0.610. The number of carbonyl (C=O) groups is 1. The molecule has 0 aliphatic heterocycles. The van der Waals surface area contributed by atoms with Crippen LogP contribution in [0, 0.1) is 6.92 Å². The third-order valence-corrected chi connectivity index (χ3v) is 4.09. The van der Waals surface area contributed by atoms with Gasteiger partial charge in [0.05, 0.1) is 12.9 Å². The molecule has 18 heavy (non-hydrogen) atoms. The van der Waals surface area contributed by atoms with Crippen LogP contribution in [-0.2, 0) is 9.53 Å². The first-order chi connectivity index (χ1) is 8.53. The summed E-state index contributed by atoms with van der Waals surface area (Å²) in [7, 11) is 1.78. The molecule has 1 aromatic heterocycles. The summed E-state index contributed by atoms with van der Waals surface area (Å²) in [6.45, 7) is 6.03. The Kier molecular flexibility index (Phi) is 5.75. The molecule has 1 atom stereocenters. The summed E-state index contributed by atoms with van der Waals surface area (Å²) < 4.78 is 10.3. The molecule has 1 N–H and O–H groups in total. The fourth-order valence-electron chi connectivity index (χ4n) is 1.51. The topological polar surface area (TPSA) is 51.5 Å². The van der Waals surface area contributed by atoms with Gasteiger partial charge in [0.25, 0.3) is 0 Å². The molecule has 4 nitrogen and oxygen atoms in total. The van der Waals surface area contributed by atoms with Crippen LogP contribution < -0.4 is 5.32 Å². The van der Waals surface area contributed by atoms with Crippen molar-refractivity contribution in [2.24, 2.45) is 0 Å². The number of ether oxygens (including phenoxy) is 1. The van der Waals surface area contributed by atoms with E-state index >= 15 is 0 Å². The number of carbonyl (C=O) groups excluding carboxylic acids is 1. The van der Waals surface area contributed by atoms with Crippen molar-refractivity contribution in [3.8, 4) is 0 Å². The largest absolute Gasteiger partial charge is 0.468 e. The Morgan fingerprint density at radius 3 is 2.83 bits per heavy atom. The lowest BCUT2D eigenvalue weighted by molar-refractivity contribution is -0.150. The van der Waals surface area contributed by atoms with Gasteiger partial charge in [-0.25, -0.2) is 0 Å². The molecule has 0 radical (unpaired) electrons. The maximum absolute atomic E-state index is 11.8. The minimum absolute atomic E-state index is 0.197. The monoisotopic (exact) mass is 271 g/mol. The first kappa shape index (κ1) is 15.1. The summed E-state index contributed by atoms with van der Waals surface area (Å²) >= 11 is 1.69. The molecule has 1 unspecified atom stereocenters. The zero-order valence-electron chi connectivity index (χ0n) is 11.4. The van der Waals surface area contributed by atoms with Crippen molar-refractivity contribution < 1.29 is 13.9 Å². The third-order valence-electron chi connectivity index (χ3n) is 2.95. The van der Waals surface area contributed by atoms with Gasteiger partial charge in [-0.05, 0) is 40.3 Å². The van der Waals surface area contributed by atoms with Crippen LogP contribution in [0.3, 0.4) is 0 Å². The van der Waals surface area contributed by atoms with Crippen molar-refractivity contribution in [1.82, 2.24) is 5.32 Å². The Morgan fingerprint density at radius 1 is 1.61 bits per heavy atom. The lowest BCUT2D eigenvalue weighted by Gasteiger charge is -2.26. The summed E-state index contributed by atoms with van der Waals surface area (Å²) in [4.78, 5) is 13.0. The number of rotatable bonds is 7. The van der Waals surface area contributed by atoms with Gasteiger partial charge in [0, 0.05) is 10.6 Å². The zero-order valence-corrected chi connectivity index (χ0v) is 12.2. The molecule has 0 aliphatic carbocycles. The van der Waals surface area contributed by atoms with Gasteiger partial charge in [-0.2, -0.15) is 0 Å². The molecule has 0 amide bonds. The SMILES string of the molecule is CCOC(=O)C(C)(CCSc1ccoc1C)NC. The van der Waals surface area contributed by atoms with Crippen molar-refractivity contribution in [3.63, 3.8) is 0 Å². The van der Waals surface area contributed by atoms with Crippen LogP contribution >= 0.6 is 11.8 Å².